The largest absolute Gasteiger partial charge is 0.494 e. The molecule has 246 valence electrons. The van der Waals surface area contributed by atoms with E-state index in [1.54, 1.807) is 30.3 Å². The van der Waals surface area contributed by atoms with Gasteiger partial charge in [0, 0.05) is 28.1 Å². The summed E-state index contributed by atoms with van der Waals surface area (Å²) in [7, 11) is 1.33. The number of pyridine rings is 2. The smallest absolute Gasteiger partial charge is 0.251 e. The number of nitrogens with two attached hydrogens (primary N) is 1. The van der Waals surface area contributed by atoms with Crippen molar-refractivity contribution in [3.05, 3.63) is 117 Å². The molecule has 2 aromatic heterocycles. The molecule has 0 unspecified atom stereocenters. The summed E-state index contributed by atoms with van der Waals surface area (Å²) in [5, 5.41) is 14.8. The van der Waals surface area contributed by atoms with Crippen molar-refractivity contribution in [2.45, 2.75) is 17.9 Å². The third kappa shape index (κ3) is 5.55. The Morgan fingerprint density at radius 3 is 2.46 bits per heavy atom. The van der Waals surface area contributed by atoms with Crippen LogP contribution in [-0.4, -0.2) is 47.2 Å². The van der Waals surface area contributed by atoms with Gasteiger partial charge in [0.1, 0.15) is 52.0 Å². The lowest BCUT2D eigenvalue weighted by Crippen LogP contribution is -2.43. The van der Waals surface area contributed by atoms with E-state index in [9.17, 15) is 23.5 Å². The number of rotatable bonds is 8. The Labute approximate surface area is 281 Å². The topological polar surface area (TPSA) is 137 Å². The van der Waals surface area contributed by atoms with E-state index >= 15 is 4.39 Å². The molecule has 0 aliphatic carbocycles. The number of nitrogens with one attached hydrogen (secondary N) is 1. The zero-order valence-corrected chi connectivity index (χ0v) is 26.7. The highest BCUT2D eigenvalue weighted by atomic mass is 35.5. The van der Waals surface area contributed by atoms with Crippen LogP contribution in [-0.2, 0) is 15.8 Å². The van der Waals surface area contributed by atoms with Crippen molar-refractivity contribution in [3.63, 3.8) is 0 Å². The fourth-order valence-electron chi connectivity index (χ4n) is 5.54. The molecule has 9 nitrogen and oxygen atoms in total. The fourth-order valence-corrected chi connectivity index (χ4v) is 5.87. The number of fused-ring (bicyclic) bond motifs is 2. The average molecular weight is 697 g/mol. The summed E-state index contributed by atoms with van der Waals surface area (Å²) in [4.78, 5) is 34.7. The van der Waals surface area contributed by atoms with E-state index in [2.05, 4.69) is 15.3 Å². The number of methoxy groups -OCH3 is 1. The normalized spacial score (nSPS) is 16.6. The summed E-state index contributed by atoms with van der Waals surface area (Å²) >= 11 is 11.9. The second-order valence-electron chi connectivity index (χ2n) is 11.4. The Bertz CT molecular complexity index is 2140. The van der Waals surface area contributed by atoms with Crippen molar-refractivity contribution in [1.82, 2.24) is 15.3 Å². The first kappa shape index (κ1) is 33.0. The van der Waals surface area contributed by atoms with Gasteiger partial charge < -0.3 is 25.6 Å². The highest BCUT2D eigenvalue weighted by molar-refractivity contribution is 6.31. The van der Waals surface area contributed by atoms with Crippen molar-refractivity contribution in [1.29, 1.82) is 0 Å². The van der Waals surface area contributed by atoms with Crippen molar-refractivity contribution < 1.29 is 37.3 Å². The van der Waals surface area contributed by atoms with E-state index < -0.39 is 52.0 Å². The van der Waals surface area contributed by atoms with E-state index in [1.165, 1.54) is 38.3 Å². The molecule has 1 aliphatic rings. The summed E-state index contributed by atoms with van der Waals surface area (Å²) in [6.07, 6.45) is 0. The molecule has 0 saturated carbocycles. The monoisotopic (exact) mass is 696 g/mol. The highest BCUT2D eigenvalue weighted by Crippen LogP contribution is 2.47. The van der Waals surface area contributed by atoms with Crippen LogP contribution in [0.25, 0.3) is 22.2 Å². The Balaban J connectivity index is 1.49. The van der Waals surface area contributed by atoms with Gasteiger partial charge in [-0.15, -0.1) is 0 Å². The van der Waals surface area contributed by atoms with Crippen LogP contribution in [0.5, 0.6) is 11.5 Å². The van der Waals surface area contributed by atoms with Crippen LogP contribution in [0.4, 0.5) is 13.2 Å². The number of benzene rings is 3. The number of hydrogen-bond acceptors (Lipinski definition) is 7. The van der Waals surface area contributed by atoms with Crippen LogP contribution < -0.4 is 20.5 Å². The van der Waals surface area contributed by atoms with Gasteiger partial charge in [-0.3, -0.25) is 9.59 Å². The van der Waals surface area contributed by atoms with Crippen molar-refractivity contribution in [3.8, 4) is 22.8 Å². The van der Waals surface area contributed by atoms with E-state index in [4.69, 9.17) is 38.4 Å². The molecule has 2 amide bonds. The quantitative estimate of drug-likeness (QED) is 0.137. The SMILES string of the molecule is COc1cc(C(=O)NC[C@@](O)(c2ccccc2)c2cc3c(c(-c4cc(Cl)c(F)cc4F)n2)OC[C@]3(C)C(N)=O)cc2cc(Cl)c(F)nc12. The minimum atomic E-state index is -2.11. The first-order valence-electron chi connectivity index (χ1n) is 14.3. The van der Waals surface area contributed by atoms with Gasteiger partial charge in [0.2, 0.25) is 11.9 Å². The van der Waals surface area contributed by atoms with Crippen molar-refractivity contribution >= 4 is 45.9 Å². The van der Waals surface area contributed by atoms with Gasteiger partial charge in [-0.2, -0.15) is 4.39 Å². The van der Waals surface area contributed by atoms with Crippen LogP contribution in [0.1, 0.15) is 34.1 Å². The van der Waals surface area contributed by atoms with Crippen LogP contribution in [0, 0.1) is 17.6 Å². The van der Waals surface area contributed by atoms with Crippen LogP contribution in [0.3, 0.4) is 0 Å². The van der Waals surface area contributed by atoms with Crippen LogP contribution in [0.15, 0.2) is 66.7 Å². The lowest BCUT2D eigenvalue weighted by Gasteiger charge is -2.30. The standard InChI is InChI=1S/C34H25Cl2F3N4O5/c1-33(32(40)45)15-48-29-20(33)12-26(42-28(29)19-11-21(35)24(38)13-23(19)37)34(46,18-6-4-3-5-7-18)14-41-31(44)17-8-16-9-22(36)30(39)43-27(16)25(10-17)47-2/h3-13,46H,14-15H2,1-2H3,(H2,40,45)(H,41,44)/t33-,34+/m0/s1. The van der Waals surface area contributed by atoms with Gasteiger partial charge >= 0.3 is 0 Å². The number of carbonyl (C=O) groups is 2. The number of primary amides is 1. The lowest BCUT2D eigenvalue weighted by molar-refractivity contribution is -0.123. The summed E-state index contributed by atoms with van der Waals surface area (Å²) in [5.74, 6) is -4.29. The number of aliphatic hydroxyl groups is 1. The van der Waals surface area contributed by atoms with Gasteiger partial charge in [-0.1, -0.05) is 53.5 Å². The third-order valence-electron chi connectivity index (χ3n) is 8.34. The number of hydrogen-bond donors (Lipinski definition) is 3. The second-order valence-corrected chi connectivity index (χ2v) is 12.2. The van der Waals surface area contributed by atoms with Gasteiger partial charge in [-0.05, 0) is 42.8 Å². The molecule has 14 heteroatoms. The molecule has 0 bridgehead atoms. The summed E-state index contributed by atoms with van der Waals surface area (Å²) in [5.41, 5.74) is 2.33. The average Bonchev–Trinajstić information content (AvgIpc) is 3.43. The molecule has 48 heavy (non-hydrogen) atoms. The van der Waals surface area contributed by atoms with Crippen molar-refractivity contribution in [2.24, 2.45) is 5.73 Å². The van der Waals surface area contributed by atoms with Crippen LogP contribution >= 0.6 is 23.2 Å². The number of nitrogens with zero attached hydrogens (tertiary/aromatic N) is 2. The second kappa shape index (κ2) is 12.3. The maximum atomic E-state index is 15.3. The number of aromatic nitrogens is 2. The van der Waals surface area contributed by atoms with E-state index in [1.807, 2.05) is 0 Å². The van der Waals surface area contributed by atoms with E-state index in [0.29, 0.717) is 11.5 Å². The number of ether oxygens (including phenoxy) is 2. The Hall–Kier alpha value is -4.91. The molecule has 0 radical (unpaired) electrons. The molecule has 0 spiro atoms. The Morgan fingerprint density at radius 2 is 1.77 bits per heavy atom. The van der Waals surface area contributed by atoms with Crippen LogP contribution in [0.2, 0.25) is 10.0 Å². The molecular weight excluding hydrogens is 672 g/mol. The maximum absolute atomic E-state index is 15.3. The molecule has 0 fully saturated rings. The summed E-state index contributed by atoms with van der Waals surface area (Å²) < 4.78 is 54.7. The van der Waals surface area contributed by atoms with Gasteiger partial charge in [0.05, 0.1) is 29.4 Å². The molecule has 6 rings (SSSR count). The third-order valence-corrected chi connectivity index (χ3v) is 8.89. The molecule has 5 aromatic rings. The first-order valence-corrected chi connectivity index (χ1v) is 15.1. The molecule has 3 heterocycles. The van der Waals surface area contributed by atoms with Gasteiger partial charge in [0.15, 0.2) is 0 Å². The molecule has 0 saturated heterocycles. The Morgan fingerprint density at radius 1 is 1.04 bits per heavy atom. The molecule has 2 atom stereocenters. The zero-order valence-electron chi connectivity index (χ0n) is 25.2. The molecule has 1 aliphatic heterocycles. The number of carbonyl (C=O) groups excluding carboxylic acids is 2. The minimum Gasteiger partial charge on any atom is -0.494 e. The highest BCUT2D eigenvalue weighted by Gasteiger charge is 2.46. The van der Waals surface area contributed by atoms with Crippen molar-refractivity contribution in [2.75, 3.05) is 20.3 Å². The van der Waals surface area contributed by atoms with E-state index in [-0.39, 0.29) is 62.3 Å². The predicted octanol–water partition coefficient (Wildman–Crippen LogP) is 5.83. The van der Waals surface area contributed by atoms with E-state index in [0.717, 1.165) is 6.07 Å². The molecule has 4 N–H and O–H groups in total. The summed E-state index contributed by atoms with van der Waals surface area (Å²) in [6, 6.07) is 15.3. The number of halogens is 5. The molecule has 3 aromatic carbocycles. The Kier molecular flexibility index (Phi) is 8.44. The maximum Gasteiger partial charge on any atom is 0.251 e. The van der Waals surface area contributed by atoms with Gasteiger partial charge in [-0.25, -0.2) is 18.7 Å². The number of amides is 2. The first-order chi connectivity index (χ1) is 22.8. The lowest BCUT2D eigenvalue weighted by atomic mass is 9.80. The van der Waals surface area contributed by atoms with Gasteiger partial charge in [0.25, 0.3) is 5.91 Å². The molecular formula is C34H25Cl2F3N4O5. The fraction of sp³-hybridized carbons (Fsp3) is 0.176. The minimum absolute atomic E-state index is 0.00645. The predicted molar refractivity (Wildman–Crippen MR) is 172 cm³/mol. The summed E-state index contributed by atoms with van der Waals surface area (Å²) in [6.45, 7) is 0.802. The zero-order chi connectivity index (χ0) is 34.5.